The first-order valence-corrected chi connectivity index (χ1v) is 8.01. The van der Waals surface area contributed by atoms with Crippen LogP contribution in [0.15, 0.2) is 67.3 Å². The van der Waals surface area contributed by atoms with E-state index in [-0.39, 0.29) is 5.78 Å². The van der Waals surface area contributed by atoms with Crippen molar-refractivity contribution >= 4 is 11.9 Å². The number of carbonyl (C=O) groups excluding carboxylic acids is 1. The number of hydrogen-bond acceptors (Lipinski definition) is 4. The molecule has 0 aromatic heterocycles. The molecule has 0 heterocycles. The second-order valence-electron chi connectivity index (χ2n) is 5.20. The standard InChI is InChI=1S/C21H22O4/c1-3-14-25-21-7-5-4-6-18(21)10-13-20(22)17-8-11-19(12-9-17)24-16-15-23-2/h3-13H,1,14-16H2,2H3/b13-10+. The first-order valence-electron chi connectivity index (χ1n) is 8.01. The van der Waals surface area contributed by atoms with Gasteiger partial charge >= 0.3 is 0 Å². The third kappa shape index (κ3) is 5.94. The molecule has 0 bridgehead atoms. The minimum atomic E-state index is -0.0815. The van der Waals surface area contributed by atoms with Crippen molar-refractivity contribution < 1.29 is 19.0 Å². The van der Waals surface area contributed by atoms with Gasteiger partial charge < -0.3 is 14.2 Å². The number of ether oxygens (including phenoxy) is 3. The molecule has 0 N–H and O–H groups in total. The molecule has 0 unspecified atom stereocenters. The van der Waals surface area contributed by atoms with Crippen molar-refractivity contribution in [1.29, 1.82) is 0 Å². The Bertz CT molecular complexity index is 717. The van der Waals surface area contributed by atoms with Gasteiger partial charge in [-0.15, -0.1) is 0 Å². The van der Waals surface area contributed by atoms with Gasteiger partial charge in [0.25, 0.3) is 0 Å². The van der Waals surface area contributed by atoms with Crippen LogP contribution in [0.1, 0.15) is 15.9 Å². The smallest absolute Gasteiger partial charge is 0.185 e. The number of rotatable bonds is 10. The van der Waals surface area contributed by atoms with Gasteiger partial charge in [0.05, 0.1) is 6.61 Å². The Labute approximate surface area is 148 Å². The highest BCUT2D eigenvalue weighted by molar-refractivity contribution is 6.07. The fraction of sp³-hybridized carbons (Fsp3) is 0.190. The van der Waals surface area contributed by atoms with Crippen LogP contribution in [-0.4, -0.2) is 32.7 Å². The number of hydrogen-bond donors (Lipinski definition) is 0. The van der Waals surface area contributed by atoms with Crippen molar-refractivity contribution in [1.82, 2.24) is 0 Å². The normalized spacial score (nSPS) is 10.6. The fourth-order valence-corrected chi connectivity index (χ4v) is 2.12. The predicted molar refractivity (Wildman–Crippen MR) is 99.3 cm³/mol. The summed E-state index contributed by atoms with van der Waals surface area (Å²) in [4.78, 5) is 12.3. The van der Waals surface area contributed by atoms with Crippen molar-refractivity contribution in [3.63, 3.8) is 0 Å². The molecule has 0 amide bonds. The van der Waals surface area contributed by atoms with E-state index in [2.05, 4.69) is 6.58 Å². The highest BCUT2D eigenvalue weighted by Crippen LogP contribution is 2.20. The Morgan fingerprint density at radius 2 is 1.80 bits per heavy atom. The van der Waals surface area contributed by atoms with Gasteiger partial charge in [0.15, 0.2) is 5.78 Å². The van der Waals surface area contributed by atoms with Gasteiger partial charge in [0, 0.05) is 18.2 Å². The van der Waals surface area contributed by atoms with Crippen molar-refractivity contribution in [3.8, 4) is 11.5 Å². The molecule has 130 valence electrons. The summed E-state index contributed by atoms with van der Waals surface area (Å²) >= 11 is 0. The topological polar surface area (TPSA) is 44.8 Å². The average Bonchev–Trinajstić information content (AvgIpc) is 2.66. The summed E-state index contributed by atoms with van der Waals surface area (Å²) in [5.41, 5.74) is 1.44. The van der Waals surface area contributed by atoms with Gasteiger partial charge in [-0.1, -0.05) is 30.9 Å². The van der Waals surface area contributed by atoms with Gasteiger partial charge in [-0.25, -0.2) is 0 Å². The van der Waals surface area contributed by atoms with E-state index in [1.165, 1.54) is 6.08 Å². The van der Waals surface area contributed by atoms with Crippen LogP contribution in [0.4, 0.5) is 0 Å². The number of methoxy groups -OCH3 is 1. The summed E-state index contributed by atoms with van der Waals surface area (Å²) < 4.78 is 16.0. The van der Waals surface area contributed by atoms with Gasteiger partial charge in [0.2, 0.25) is 0 Å². The van der Waals surface area contributed by atoms with Gasteiger partial charge in [-0.2, -0.15) is 0 Å². The molecule has 0 atom stereocenters. The molecule has 0 saturated carbocycles. The van der Waals surface area contributed by atoms with Crippen LogP contribution < -0.4 is 9.47 Å². The molecular formula is C21H22O4. The van der Waals surface area contributed by atoms with E-state index in [1.54, 1.807) is 43.5 Å². The zero-order valence-electron chi connectivity index (χ0n) is 14.3. The van der Waals surface area contributed by atoms with E-state index in [0.29, 0.717) is 36.9 Å². The Hall–Kier alpha value is -2.85. The SMILES string of the molecule is C=CCOc1ccccc1/C=C/C(=O)c1ccc(OCCOC)cc1. The molecule has 4 nitrogen and oxygen atoms in total. The summed E-state index contributed by atoms with van der Waals surface area (Å²) in [7, 11) is 1.62. The van der Waals surface area contributed by atoms with Crippen LogP contribution in [0.25, 0.3) is 6.08 Å². The lowest BCUT2D eigenvalue weighted by molar-refractivity contribution is 0.104. The zero-order valence-corrected chi connectivity index (χ0v) is 14.3. The lowest BCUT2D eigenvalue weighted by Gasteiger charge is -2.07. The molecule has 4 heteroatoms. The summed E-state index contributed by atoms with van der Waals surface area (Å²) in [5.74, 6) is 1.34. The summed E-state index contributed by atoms with van der Waals surface area (Å²) in [5, 5.41) is 0. The predicted octanol–water partition coefficient (Wildman–Crippen LogP) is 4.17. The fourth-order valence-electron chi connectivity index (χ4n) is 2.12. The van der Waals surface area contributed by atoms with Crippen LogP contribution in [0.3, 0.4) is 0 Å². The molecule has 0 fully saturated rings. The molecule has 2 aromatic carbocycles. The lowest BCUT2D eigenvalue weighted by Crippen LogP contribution is -2.04. The number of ketones is 1. The second kappa shape index (κ2) is 10.1. The zero-order chi connectivity index (χ0) is 17.9. The molecule has 25 heavy (non-hydrogen) atoms. The number of benzene rings is 2. The third-order valence-electron chi connectivity index (χ3n) is 3.38. The van der Waals surface area contributed by atoms with E-state index >= 15 is 0 Å². The second-order valence-corrected chi connectivity index (χ2v) is 5.20. The summed E-state index contributed by atoms with van der Waals surface area (Å²) in [6.07, 6.45) is 4.97. The maximum absolute atomic E-state index is 12.3. The van der Waals surface area contributed by atoms with Crippen LogP contribution in [-0.2, 0) is 4.74 Å². The minimum Gasteiger partial charge on any atom is -0.491 e. The summed E-state index contributed by atoms with van der Waals surface area (Å²) in [6.45, 7) is 5.06. The minimum absolute atomic E-state index is 0.0815. The maximum atomic E-state index is 12.3. The number of para-hydroxylation sites is 1. The number of allylic oxidation sites excluding steroid dienone is 1. The van der Waals surface area contributed by atoms with Gasteiger partial charge in [-0.05, 0) is 42.5 Å². The van der Waals surface area contributed by atoms with E-state index in [9.17, 15) is 4.79 Å². The molecule has 0 radical (unpaired) electrons. The summed E-state index contributed by atoms with van der Waals surface area (Å²) in [6, 6.07) is 14.6. The Morgan fingerprint density at radius 3 is 2.52 bits per heavy atom. The quantitative estimate of drug-likeness (QED) is 0.282. The molecule has 0 aliphatic rings. The maximum Gasteiger partial charge on any atom is 0.185 e. The monoisotopic (exact) mass is 338 g/mol. The van der Waals surface area contributed by atoms with Crippen molar-refractivity contribution in [3.05, 3.63) is 78.4 Å². The van der Waals surface area contributed by atoms with Crippen molar-refractivity contribution in [2.45, 2.75) is 0 Å². The first kappa shape index (κ1) is 18.5. The Kier molecular flexibility index (Phi) is 7.47. The molecular weight excluding hydrogens is 316 g/mol. The van der Waals surface area contributed by atoms with Crippen molar-refractivity contribution in [2.75, 3.05) is 26.9 Å². The Morgan fingerprint density at radius 1 is 1.04 bits per heavy atom. The molecule has 2 aromatic rings. The Balaban J connectivity index is 2.01. The molecule has 0 aliphatic carbocycles. The molecule has 2 rings (SSSR count). The van der Waals surface area contributed by atoms with Crippen LogP contribution >= 0.6 is 0 Å². The van der Waals surface area contributed by atoms with Gasteiger partial charge in [0.1, 0.15) is 24.7 Å². The van der Waals surface area contributed by atoms with Crippen LogP contribution in [0.5, 0.6) is 11.5 Å². The largest absolute Gasteiger partial charge is 0.491 e. The van der Waals surface area contributed by atoms with Crippen LogP contribution in [0, 0.1) is 0 Å². The molecule has 0 saturated heterocycles. The molecule has 0 spiro atoms. The molecule has 0 aliphatic heterocycles. The van der Waals surface area contributed by atoms with Crippen molar-refractivity contribution in [2.24, 2.45) is 0 Å². The third-order valence-corrected chi connectivity index (χ3v) is 3.38. The highest BCUT2D eigenvalue weighted by Gasteiger charge is 2.04. The van der Waals surface area contributed by atoms with E-state index in [4.69, 9.17) is 14.2 Å². The first-order chi connectivity index (χ1) is 12.2. The van der Waals surface area contributed by atoms with Crippen LogP contribution in [0.2, 0.25) is 0 Å². The van der Waals surface area contributed by atoms with E-state index in [1.807, 2.05) is 24.3 Å². The van der Waals surface area contributed by atoms with E-state index < -0.39 is 0 Å². The lowest BCUT2D eigenvalue weighted by atomic mass is 10.1. The van der Waals surface area contributed by atoms with Gasteiger partial charge in [-0.3, -0.25) is 4.79 Å². The number of carbonyl (C=O) groups is 1. The van der Waals surface area contributed by atoms with E-state index in [0.717, 1.165) is 5.56 Å². The highest BCUT2D eigenvalue weighted by atomic mass is 16.5. The average molecular weight is 338 g/mol.